The summed E-state index contributed by atoms with van der Waals surface area (Å²) in [6, 6.07) is 0. The minimum atomic E-state index is -0.769. The first-order valence-electron chi connectivity index (χ1n) is 36.8. The molecule has 0 aromatic heterocycles. The fourth-order valence-corrected chi connectivity index (χ4v) is 11.1. The van der Waals surface area contributed by atoms with E-state index in [2.05, 4.69) is 81.5 Å². The van der Waals surface area contributed by atoms with Crippen molar-refractivity contribution in [1.82, 2.24) is 0 Å². The Morgan fingerprint density at radius 3 is 0.735 bits per heavy atom. The Hall–Kier alpha value is -2.89. The Bertz CT molecular complexity index is 1470. The quantitative estimate of drug-likeness (QED) is 0.0261. The fourth-order valence-electron chi connectivity index (χ4n) is 11.1. The predicted octanol–water partition coefficient (Wildman–Crippen LogP) is 25.5. The van der Waals surface area contributed by atoms with E-state index in [-0.39, 0.29) is 31.1 Å². The number of carbonyl (C=O) groups excluding carboxylic acids is 3. The molecule has 1 unspecified atom stereocenters. The zero-order valence-electron chi connectivity index (χ0n) is 55.7. The molecule has 484 valence electrons. The summed E-state index contributed by atoms with van der Waals surface area (Å²) in [5.74, 6) is -0.834. The molecular formula is C77H140O6. The van der Waals surface area contributed by atoms with Crippen LogP contribution in [0.5, 0.6) is 0 Å². The van der Waals surface area contributed by atoms with E-state index in [9.17, 15) is 14.4 Å². The van der Waals surface area contributed by atoms with Gasteiger partial charge in [0.1, 0.15) is 13.2 Å². The first kappa shape index (κ1) is 80.1. The number of hydrogen-bond acceptors (Lipinski definition) is 6. The lowest BCUT2D eigenvalue weighted by atomic mass is 10.0. The highest BCUT2D eigenvalue weighted by atomic mass is 16.6. The smallest absolute Gasteiger partial charge is 0.306 e. The van der Waals surface area contributed by atoms with Crippen molar-refractivity contribution >= 4 is 17.9 Å². The maximum Gasteiger partial charge on any atom is 0.306 e. The molecule has 0 spiro atoms. The first-order valence-corrected chi connectivity index (χ1v) is 36.8. The molecule has 0 N–H and O–H groups in total. The number of ether oxygens (including phenoxy) is 3. The van der Waals surface area contributed by atoms with Crippen LogP contribution >= 0.6 is 0 Å². The molecule has 0 heterocycles. The van der Waals surface area contributed by atoms with Crippen molar-refractivity contribution in [3.8, 4) is 0 Å². The summed E-state index contributed by atoms with van der Waals surface area (Å²) in [4.78, 5) is 38.5. The van der Waals surface area contributed by atoms with Gasteiger partial charge in [-0.05, 0) is 64.2 Å². The molecule has 0 radical (unpaired) electrons. The van der Waals surface area contributed by atoms with Crippen molar-refractivity contribution in [3.63, 3.8) is 0 Å². The fraction of sp³-hybridized carbons (Fsp3) is 0.831. The topological polar surface area (TPSA) is 78.9 Å². The summed E-state index contributed by atoms with van der Waals surface area (Å²) in [5.41, 5.74) is 0. The normalized spacial score (nSPS) is 12.4. The van der Waals surface area contributed by atoms with E-state index in [0.29, 0.717) is 19.3 Å². The lowest BCUT2D eigenvalue weighted by molar-refractivity contribution is -0.167. The van der Waals surface area contributed by atoms with Gasteiger partial charge in [-0.2, -0.15) is 0 Å². The number of allylic oxidation sites excluding steroid dienone is 10. The third kappa shape index (κ3) is 69.8. The lowest BCUT2D eigenvalue weighted by Crippen LogP contribution is -2.30. The molecule has 0 aliphatic heterocycles. The molecule has 0 aliphatic rings. The van der Waals surface area contributed by atoms with Crippen molar-refractivity contribution < 1.29 is 28.6 Å². The third-order valence-corrected chi connectivity index (χ3v) is 16.5. The standard InChI is InChI=1S/C77H140O6/c1-4-7-10-13-16-19-22-25-28-30-31-32-33-34-35-36-37-38-39-40-41-42-43-44-45-47-49-52-55-58-61-64-67-70-76(79)82-73-74(72-81-75(78)69-66-63-60-57-54-51-48-27-24-21-18-15-12-9-6-3)83-77(80)71-68-65-62-59-56-53-50-46-29-26-23-20-17-14-11-8-5-2/h7,10,16,19,25,28,31-32,34-35,74H,4-6,8-9,11-15,17-18,20-24,26-27,29-30,33,36-73H2,1-3H3/b10-7-,19-16-,28-25-,32-31-,35-34-. The van der Waals surface area contributed by atoms with Gasteiger partial charge in [0.15, 0.2) is 6.10 Å². The van der Waals surface area contributed by atoms with E-state index in [4.69, 9.17) is 14.2 Å². The van der Waals surface area contributed by atoms with E-state index < -0.39 is 6.10 Å². The molecule has 0 saturated heterocycles. The number of hydrogen-bond donors (Lipinski definition) is 0. The molecule has 0 saturated carbocycles. The van der Waals surface area contributed by atoms with Crippen molar-refractivity contribution in [2.75, 3.05) is 13.2 Å². The Kier molecular flexibility index (Phi) is 69.1. The minimum Gasteiger partial charge on any atom is -0.462 e. The number of carbonyl (C=O) groups is 3. The van der Waals surface area contributed by atoms with Crippen LogP contribution in [0.25, 0.3) is 0 Å². The van der Waals surface area contributed by atoms with Crippen molar-refractivity contribution in [2.24, 2.45) is 0 Å². The Labute approximate surface area is 517 Å². The summed E-state index contributed by atoms with van der Waals surface area (Å²) in [6.45, 7) is 6.60. The van der Waals surface area contributed by atoms with E-state index >= 15 is 0 Å². The second kappa shape index (κ2) is 71.6. The average molecular weight is 1160 g/mol. The molecule has 0 aliphatic carbocycles. The highest BCUT2D eigenvalue weighted by molar-refractivity contribution is 5.71. The monoisotopic (exact) mass is 1160 g/mol. The van der Waals surface area contributed by atoms with Crippen molar-refractivity contribution in [3.05, 3.63) is 60.8 Å². The third-order valence-electron chi connectivity index (χ3n) is 16.5. The zero-order valence-corrected chi connectivity index (χ0v) is 55.7. The van der Waals surface area contributed by atoms with Crippen LogP contribution in [0.2, 0.25) is 0 Å². The maximum absolute atomic E-state index is 12.9. The number of rotatable bonds is 68. The van der Waals surface area contributed by atoms with Gasteiger partial charge in [-0.1, -0.05) is 370 Å². The van der Waals surface area contributed by atoms with Gasteiger partial charge >= 0.3 is 17.9 Å². The Morgan fingerprint density at radius 1 is 0.253 bits per heavy atom. The molecule has 1 atom stereocenters. The van der Waals surface area contributed by atoms with Crippen molar-refractivity contribution in [2.45, 2.75) is 399 Å². The van der Waals surface area contributed by atoms with Crippen LogP contribution in [0.15, 0.2) is 60.8 Å². The summed E-state index contributed by atoms with van der Waals surface area (Å²) in [6.07, 6.45) is 92.6. The summed E-state index contributed by atoms with van der Waals surface area (Å²) in [7, 11) is 0. The molecule has 0 aromatic rings. The second-order valence-electron chi connectivity index (χ2n) is 24.8. The van der Waals surface area contributed by atoms with Gasteiger partial charge in [-0.3, -0.25) is 14.4 Å². The van der Waals surface area contributed by atoms with Gasteiger partial charge in [0.25, 0.3) is 0 Å². The molecule has 0 aromatic carbocycles. The molecule has 0 rings (SSSR count). The molecule has 0 fully saturated rings. The molecule has 0 bridgehead atoms. The van der Waals surface area contributed by atoms with Gasteiger partial charge in [-0.25, -0.2) is 0 Å². The molecule has 0 amide bonds. The summed E-state index contributed by atoms with van der Waals surface area (Å²) < 4.78 is 17.0. The number of unbranched alkanes of at least 4 members (excludes halogenated alkanes) is 47. The van der Waals surface area contributed by atoms with Crippen LogP contribution in [0, 0.1) is 0 Å². The van der Waals surface area contributed by atoms with Gasteiger partial charge in [0.05, 0.1) is 0 Å². The number of esters is 3. The summed E-state index contributed by atoms with van der Waals surface area (Å²) >= 11 is 0. The molecule has 6 nitrogen and oxygen atoms in total. The average Bonchev–Trinajstić information content (AvgIpc) is 3.49. The van der Waals surface area contributed by atoms with Crippen molar-refractivity contribution in [1.29, 1.82) is 0 Å². The summed E-state index contributed by atoms with van der Waals surface area (Å²) in [5, 5.41) is 0. The van der Waals surface area contributed by atoms with Gasteiger partial charge < -0.3 is 14.2 Å². The van der Waals surface area contributed by atoms with Crippen LogP contribution in [0.3, 0.4) is 0 Å². The second-order valence-corrected chi connectivity index (χ2v) is 24.8. The zero-order chi connectivity index (χ0) is 59.9. The van der Waals surface area contributed by atoms with Gasteiger partial charge in [0, 0.05) is 19.3 Å². The van der Waals surface area contributed by atoms with E-state index in [1.54, 1.807) is 0 Å². The highest BCUT2D eigenvalue weighted by Crippen LogP contribution is 2.19. The van der Waals surface area contributed by atoms with Crippen LogP contribution in [-0.4, -0.2) is 37.2 Å². The first-order chi connectivity index (χ1) is 41.0. The SMILES string of the molecule is CC/C=C\C/C=C\C/C=C\C/C=C\C/C=C\CCCCCCCCCCCCCCCCCCCC(=O)OCC(COC(=O)CCCCCCCCCCCCCCCCC)OC(=O)CCCCCCCCCCCCCCCCCCC. The Balaban J connectivity index is 4.16. The van der Waals surface area contributed by atoms with Crippen LogP contribution in [-0.2, 0) is 28.6 Å². The maximum atomic E-state index is 12.9. The van der Waals surface area contributed by atoms with Gasteiger partial charge in [0.2, 0.25) is 0 Å². The van der Waals surface area contributed by atoms with Crippen LogP contribution in [0.4, 0.5) is 0 Å². The lowest BCUT2D eigenvalue weighted by Gasteiger charge is -2.18. The predicted molar refractivity (Wildman–Crippen MR) is 362 cm³/mol. The molecular weight excluding hydrogens is 1020 g/mol. The van der Waals surface area contributed by atoms with E-state index in [1.807, 2.05) is 0 Å². The van der Waals surface area contributed by atoms with Gasteiger partial charge in [-0.15, -0.1) is 0 Å². The minimum absolute atomic E-state index is 0.0655. The van der Waals surface area contributed by atoms with Crippen LogP contribution < -0.4 is 0 Å². The largest absolute Gasteiger partial charge is 0.462 e. The van der Waals surface area contributed by atoms with Crippen LogP contribution in [0.1, 0.15) is 393 Å². The van der Waals surface area contributed by atoms with E-state index in [1.165, 1.54) is 263 Å². The molecule has 6 heteroatoms. The molecule has 83 heavy (non-hydrogen) atoms. The van der Waals surface area contributed by atoms with E-state index in [0.717, 1.165) is 89.9 Å². The Morgan fingerprint density at radius 2 is 0.470 bits per heavy atom. The highest BCUT2D eigenvalue weighted by Gasteiger charge is 2.19.